The molecular weight excluding hydrogens is 262 g/mol. The van der Waals surface area contributed by atoms with E-state index in [1.165, 1.54) is 5.56 Å². The van der Waals surface area contributed by atoms with Crippen LogP contribution in [0.2, 0.25) is 0 Å². The van der Waals surface area contributed by atoms with Gasteiger partial charge in [-0.15, -0.1) is 0 Å². The fourth-order valence-electron chi connectivity index (χ4n) is 2.32. The summed E-state index contributed by atoms with van der Waals surface area (Å²) in [7, 11) is 0. The number of para-hydroxylation sites is 1. The van der Waals surface area contributed by atoms with Crippen LogP contribution in [0, 0.1) is 13.8 Å². The molecule has 2 aromatic carbocycles. The first-order chi connectivity index (χ1) is 10.1. The van der Waals surface area contributed by atoms with Gasteiger partial charge in [0.2, 0.25) is 0 Å². The molecule has 0 aliphatic rings. The molecule has 1 heterocycles. The van der Waals surface area contributed by atoms with E-state index in [0.29, 0.717) is 16.6 Å². The van der Waals surface area contributed by atoms with Gasteiger partial charge >= 0.3 is 0 Å². The highest BCUT2D eigenvalue weighted by Gasteiger charge is 2.12. The summed E-state index contributed by atoms with van der Waals surface area (Å²) in [6, 6.07) is 11.4. The third kappa shape index (κ3) is 2.60. The van der Waals surface area contributed by atoms with Gasteiger partial charge in [-0.25, -0.2) is 0 Å². The summed E-state index contributed by atoms with van der Waals surface area (Å²) in [5.74, 6) is -0.173. The van der Waals surface area contributed by atoms with Gasteiger partial charge in [0.05, 0.1) is 11.1 Å². The second-order valence-corrected chi connectivity index (χ2v) is 5.00. The highest BCUT2D eigenvalue weighted by atomic mass is 16.1. The van der Waals surface area contributed by atoms with Crippen molar-refractivity contribution in [2.75, 3.05) is 5.32 Å². The minimum Gasteiger partial charge on any atom is -0.322 e. The first kappa shape index (κ1) is 13.2. The number of amides is 1. The summed E-state index contributed by atoms with van der Waals surface area (Å²) in [5.41, 5.74) is 4.87. The molecule has 4 nitrogen and oxygen atoms in total. The van der Waals surface area contributed by atoms with Crippen LogP contribution in [0.1, 0.15) is 21.5 Å². The Morgan fingerprint density at radius 1 is 1.05 bits per heavy atom. The third-order valence-electron chi connectivity index (χ3n) is 3.37. The first-order valence-corrected chi connectivity index (χ1v) is 6.73. The highest BCUT2D eigenvalue weighted by molar-refractivity contribution is 6.11. The lowest BCUT2D eigenvalue weighted by molar-refractivity contribution is 0.102. The molecule has 0 atom stereocenters. The van der Waals surface area contributed by atoms with Crippen LogP contribution in [0.25, 0.3) is 11.0 Å². The van der Waals surface area contributed by atoms with Crippen LogP contribution in [0.15, 0.2) is 48.8 Å². The number of benzene rings is 2. The third-order valence-corrected chi connectivity index (χ3v) is 3.37. The van der Waals surface area contributed by atoms with Crippen LogP contribution in [-0.4, -0.2) is 15.9 Å². The Morgan fingerprint density at radius 3 is 2.67 bits per heavy atom. The molecule has 0 unspecified atom stereocenters. The second kappa shape index (κ2) is 5.32. The van der Waals surface area contributed by atoms with E-state index >= 15 is 0 Å². The molecule has 4 heteroatoms. The summed E-state index contributed by atoms with van der Waals surface area (Å²) in [4.78, 5) is 21.0. The molecule has 0 fully saturated rings. The van der Waals surface area contributed by atoms with Crippen molar-refractivity contribution in [3.63, 3.8) is 0 Å². The molecule has 1 aromatic heterocycles. The molecule has 0 saturated carbocycles. The predicted octanol–water partition coefficient (Wildman–Crippen LogP) is 3.50. The molecule has 3 aromatic rings. The van der Waals surface area contributed by atoms with Gasteiger partial charge in [0, 0.05) is 18.1 Å². The number of nitrogens with zero attached hydrogens (tertiary/aromatic N) is 2. The Labute approximate surface area is 122 Å². The molecule has 0 radical (unpaired) electrons. The van der Waals surface area contributed by atoms with Gasteiger partial charge in [0.15, 0.2) is 0 Å². The zero-order chi connectivity index (χ0) is 14.8. The average Bonchev–Trinajstić information content (AvgIpc) is 2.49. The molecule has 104 valence electrons. The Hall–Kier alpha value is -2.75. The van der Waals surface area contributed by atoms with Crippen molar-refractivity contribution in [2.24, 2.45) is 0 Å². The zero-order valence-corrected chi connectivity index (χ0v) is 11.9. The minimum absolute atomic E-state index is 0.173. The van der Waals surface area contributed by atoms with E-state index in [1.54, 1.807) is 18.5 Å². The second-order valence-electron chi connectivity index (χ2n) is 5.00. The topological polar surface area (TPSA) is 54.9 Å². The number of carbonyl (C=O) groups excluding carboxylic acids is 1. The summed E-state index contributed by atoms with van der Waals surface area (Å²) in [5, 5.41) is 2.94. The number of nitrogens with one attached hydrogen (secondary N) is 1. The Bertz CT molecular complexity index is 822. The number of rotatable bonds is 2. The van der Waals surface area contributed by atoms with Crippen LogP contribution in [-0.2, 0) is 0 Å². The number of carbonyl (C=O) groups is 1. The van der Waals surface area contributed by atoms with E-state index in [-0.39, 0.29) is 5.91 Å². The van der Waals surface area contributed by atoms with Crippen molar-refractivity contribution in [2.45, 2.75) is 13.8 Å². The smallest absolute Gasteiger partial charge is 0.257 e. The van der Waals surface area contributed by atoms with E-state index in [0.717, 1.165) is 11.3 Å². The molecule has 0 spiro atoms. The van der Waals surface area contributed by atoms with Gasteiger partial charge < -0.3 is 5.32 Å². The summed E-state index contributed by atoms with van der Waals surface area (Å²) in [6.07, 6.45) is 3.21. The Kier molecular flexibility index (Phi) is 3.36. The van der Waals surface area contributed by atoms with Crippen molar-refractivity contribution in [1.29, 1.82) is 0 Å². The summed E-state index contributed by atoms with van der Waals surface area (Å²) in [6.45, 7) is 4.00. The molecule has 0 saturated heterocycles. The van der Waals surface area contributed by atoms with Crippen molar-refractivity contribution in [3.8, 4) is 0 Å². The van der Waals surface area contributed by atoms with E-state index in [1.807, 2.05) is 44.2 Å². The van der Waals surface area contributed by atoms with Crippen molar-refractivity contribution >= 4 is 22.6 Å². The Morgan fingerprint density at radius 2 is 1.86 bits per heavy atom. The van der Waals surface area contributed by atoms with Crippen LogP contribution in [0.5, 0.6) is 0 Å². The van der Waals surface area contributed by atoms with Crippen LogP contribution >= 0.6 is 0 Å². The number of hydrogen-bond donors (Lipinski definition) is 1. The van der Waals surface area contributed by atoms with Crippen molar-refractivity contribution in [1.82, 2.24) is 9.97 Å². The minimum atomic E-state index is -0.173. The molecule has 3 rings (SSSR count). The predicted molar refractivity (Wildman–Crippen MR) is 83.4 cm³/mol. The van der Waals surface area contributed by atoms with Crippen LogP contribution in [0.3, 0.4) is 0 Å². The monoisotopic (exact) mass is 277 g/mol. The normalized spacial score (nSPS) is 10.6. The van der Waals surface area contributed by atoms with Crippen molar-refractivity contribution in [3.05, 3.63) is 65.5 Å². The lowest BCUT2D eigenvalue weighted by Crippen LogP contribution is -2.13. The molecular formula is C17H15N3O. The first-order valence-electron chi connectivity index (χ1n) is 6.73. The molecule has 21 heavy (non-hydrogen) atoms. The number of aryl methyl sites for hydroxylation is 2. The van der Waals surface area contributed by atoms with E-state index in [9.17, 15) is 4.79 Å². The van der Waals surface area contributed by atoms with E-state index in [4.69, 9.17) is 0 Å². The van der Waals surface area contributed by atoms with Gasteiger partial charge in [-0.1, -0.05) is 23.8 Å². The molecule has 0 aliphatic carbocycles. The number of aromatic nitrogens is 2. The van der Waals surface area contributed by atoms with Gasteiger partial charge in [0.25, 0.3) is 5.91 Å². The SMILES string of the molecule is Cc1ccc(NC(=O)c2cccc3nccnc23)c(C)c1. The van der Waals surface area contributed by atoms with E-state index < -0.39 is 0 Å². The molecule has 1 N–H and O–H groups in total. The maximum atomic E-state index is 12.5. The van der Waals surface area contributed by atoms with Crippen molar-refractivity contribution < 1.29 is 4.79 Å². The van der Waals surface area contributed by atoms with Gasteiger partial charge in [-0.3, -0.25) is 14.8 Å². The summed E-state index contributed by atoms with van der Waals surface area (Å²) >= 11 is 0. The lowest BCUT2D eigenvalue weighted by atomic mass is 10.1. The number of fused-ring (bicyclic) bond motifs is 1. The maximum Gasteiger partial charge on any atom is 0.257 e. The molecule has 1 amide bonds. The number of anilines is 1. The molecule has 0 bridgehead atoms. The largest absolute Gasteiger partial charge is 0.322 e. The lowest BCUT2D eigenvalue weighted by Gasteiger charge is -2.10. The average molecular weight is 277 g/mol. The highest BCUT2D eigenvalue weighted by Crippen LogP contribution is 2.19. The molecule has 0 aliphatic heterocycles. The van der Waals surface area contributed by atoms with Crippen LogP contribution in [0.4, 0.5) is 5.69 Å². The maximum absolute atomic E-state index is 12.5. The zero-order valence-electron chi connectivity index (χ0n) is 11.9. The van der Waals surface area contributed by atoms with Crippen LogP contribution < -0.4 is 5.32 Å². The number of hydrogen-bond acceptors (Lipinski definition) is 3. The fraction of sp³-hybridized carbons (Fsp3) is 0.118. The van der Waals surface area contributed by atoms with E-state index in [2.05, 4.69) is 15.3 Å². The summed E-state index contributed by atoms with van der Waals surface area (Å²) < 4.78 is 0. The fourth-order valence-corrected chi connectivity index (χ4v) is 2.32. The Balaban J connectivity index is 1.97. The quantitative estimate of drug-likeness (QED) is 0.780. The standard InChI is InChI=1S/C17H15N3O/c1-11-6-7-14(12(2)10-11)20-17(21)13-4-3-5-15-16(13)19-9-8-18-15/h3-10H,1-2H3,(H,20,21). The van der Waals surface area contributed by atoms with Gasteiger partial charge in [-0.05, 0) is 37.6 Å². The van der Waals surface area contributed by atoms with Gasteiger partial charge in [0.1, 0.15) is 5.52 Å². The van der Waals surface area contributed by atoms with Gasteiger partial charge in [-0.2, -0.15) is 0 Å².